The predicted molar refractivity (Wildman–Crippen MR) is 60.5 cm³/mol. The second-order valence-corrected chi connectivity index (χ2v) is 3.51. The van der Waals surface area contributed by atoms with Crippen LogP contribution in [-0.4, -0.2) is 30.1 Å². The van der Waals surface area contributed by atoms with E-state index in [1.807, 2.05) is 0 Å². The van der Waals surface area contributed by atoms with Crippen molar-refractivity contribution in [2.45, 2.75) is 13.0 Å². The predicted octanol–water partition coefficient (Wildman–Crippen LogP) is 0.695. The summed E-state index contributed by atoms with van der Waals surface area (Å²) >= 11 is 0. The van der Waals surface area contributed by atoms with E-state index in [1.54, 1.807) is 25.1 Å². The number of para-hydroxylation sites is 1. The van der Waals surface area contributed by atoms with E-state index >= 15 is 0 Å². The molecule has 1 rings (SSSR count). The van der Waals surface area contributed by atoms with Crippen LogP contribution in [0.2, 0.25) is 0 Å². The zero-order chi connectivity index (χ0) is 12.3. The number of carbonyl (C=O) groups excluding carboxylic acids is 1. The molecule has 5 nitrogen and oxygen atoms in total. The molecule has 1 atom stereocenters. The van der Waals surface area contributed by atoms with Gasteiger partial charge in [0.1, 0.15) is 0 Å². The summed E-state index contributed by atoms with van der Waals surface area (Å²) in [4.78, 5) is 23.8. The maximum atomic E-state index is 11.6. The van der Waals surface area contributed by atoms with Gasteiger partial charge in [-0.2, -0.15) is 0 Å². The number of carbonyl (C=O) groups is 2. The number of rotatable bonds is 3. The summed E-state index contributed by atoms with van der Waals surface area (Å²) in [6.07, 6.45) is 0. The highest BCUT2D eigenvalue weighted by Crippen LogP contribution is 2.19. The van der Waals surface area contributed by atoms with Gasteiger partial charge in [-0.3, -0.25) is 4.79 Å². The van der Waals surface area contributed by atoms with Gasteiger partial charge in [0.15, 0.2) is 0 Å². The molecule has 0 aliphatic rings. The van der Waals surface area contributed by atoms with Crippen LogP contribution in [0.15, 0.2) is 24.3 Å². The summed E-state index contributed by atoms with van der Waals surface area (Å²) in [5.41, 5.74) is 5.89. The molecule has 0 bridgehead atoms. The Labute approximate surface area is 93.5 Å². The average molecular weight is 222 g/mol. The van der Waals surface area contributed by atoms with E-state index in [0.717, 1.165) is 0 Å². The largest absolute Gasteiger partial charge is 0.478 e. The van der Waals surface area contributed by atoms with Crippen LogP contribution < -0.4 is 10.6 Å². The van der Waals surface area contributed by atoms with Crippen molar-refractivity contribution in [1.29, 1.82) is 0 Å². The van der Waals surface area contributed by atoms with Crippen LogP contribution in [0.1, 0.15) is 17.3 Å². The van der Waals surface area contributed by atoms with Gasteiger partial charge in [0.25, 0.3) is 0 Å². The summed E-state index contributed by atoms with van der Waals surface area (Å²) < 4.78 is 0. The Hall–Kier alpha value is -1.88. The van der Waals surface area contributed by atoms with E-state index in [0.29, 0.717) is 5.69 Å². The van der Waals surface area contributed by atoms with Gasteiger partial charge in [-0.15, -0.1) is 0 Å². The Bertz CT molecular complexity index is 415. The lowest BCUT2D eigenvalue weighted by Gasteiger charge is -2.20. The Balaban J connectivity index is 3.13. The van der Waals surface area contributed by atoms with Gasteiger partial charge in [0.2, 0.25) is 5.91 Å². The Morgan fingerprint density at radius 3 is 2.44 bits per heavy atom. The molecule has 3 N–H and O–H groups in total. The molecule has 1 amide bonds. The van der Waals surface area contributed by atoms with Gasteiger partial charge in [-0.25, -0.2) is 4.79 Å². The quantitative estimate of drug-likeness (QED) is 0.788. The maximum absolute atomic E-state index is 11.6. The molecule has 0 heterocycles. The normalized spacial score (nSPS) is 11.9. The second kappa shape index (κ2) is 4.76. The lowest BCUT2D eigenvalue weighted by atomic mass is 10.1. The fourth-order valence-electron chi connectivity index (χ4n) is 1.37. The van der Waals surface area contributed by atoms with Crippen molar-refractivity contribution in [3.63, 3.8) is 0 Å². The molecule has 0 unspecified atom stereocenters. The van der Waals surface area contributed by atoms with Crippen LogP contribution in [0.25, 0.3) is 0 Å². The van der Waals surface area contributed by atoms with E-state index in [9.17, 15) is 9.59 Å². The lowest BCUT2D eigenvalue weighted by molar-refractivity contribution is -0.119. The van der Waals surface area contributed by atoms with Crippen molar-refractivity contribution in [1.82, 2.24) is 0 Å². The number of hydrogen-bond donors (Lipinski definition) is 2. The highest BCUT2D eigenvalue weighted by Gasteiger charge is 2.19. The summed E-state index contributed by atoms with van der Waals surface area (Å²) in [6, 6.07) is 5.64. The van der Waals surface area contributed by atoms with Gasteiger partial charge < -0.3 is 15.7 Å². The third kappa shape index (κ3) is 2.38. The van der Waals surface area contributed by atoms with E-state index in [-0.39, 0.29) is 11.5 Å². The van der Waals surface area contributed by atoms with Gasteiger partial charge >= 0.3 is 5.97 Å². The van der Waals surface area contributed by atoms with Crippen LogP contribution in [0.5, 0.6) is 0 Å². The molecule has 1 aromatic carbocycles. The Kier molecular flexibility index (Phi) is 3.63. The van der Waals surface area contributed by atoms with Crippen LogP contribution in [-0.2, 0) is 4.79 Å². The number of hydrogen-bond acceptors (Lipinski definition) is 3. The second-order valence-electron chi connectivity index (χ2n) is 3.51. The molecule has 0 fully saturated rings. The number of amides is 1. The number of anilines is 1. The smallest absolute Gasteiger partial charge is 0.337 e. The van der Waals surface area contributed by atoms with Crippen molar-refractivity contribution >= 4 is 17.6 Å². The van der Waals surface area contributed by atoms with Crippen molar-refractivity contribution in [3.8, 4) is 0 Å². The maximum Gasteiger partial charge on any atom is 0.337 e. The highest BCUT2D eigenvalue weighted by molar-refractivity contribution is 6.03. The van der Waals surface area contributed by atoms with Gasteiger partial charge in [-0.1, -0.05) is 12.1 Å². The number of nitrogens with two attached hydrogens (primary N) is 1. The molecular formula is C11H14N2O3. The third-order valence-corrected chi connectivity index (χ3v) is 2.22. The molecule has 0 saturated heterocycles. The van der Waals surface area contributed by atoms with Crippen LogP contribution in [0.3, 0.4) is 0 Å². The highest BCUT2D eigenvalue weighted by atomic mass is 16.4. The van der Waals surface area contributed by atoms with E-state index in [4.69, 9.17) is 10.8 Å². The molecular weight excluding hydrogens is 208 g/mol. The Morgan fingerprint density at radius 1 is 1.38 bits per heavy atom. The van der Waals surface area contributed by atoms with E-state index in [2.05, 4.69) is 0 Å². The van der Waals surface area contributed by atoms with Gasteiger partial charge in [0, 0.05) is 7.05 Å². The topological polar surface area (TPSA) is 83.6 Å². The van der Waals surface area contributed by atoms with Crippen LogP contribution >= 0.6 is 0 Å². The van der Waals surface area contributed by atoms with Crippen molar-refractivity contribution in [2.75, 3.05) is 11.9 Å². The Morgan fingerprint density at radius 2 is 1.94 bits per heavy atom. The number of carboxylic acids is 1. The third-order valence-electron chi connectivity index (χ3n) is 2.22. The molecule has 86 valence electrons. The summed E-state index contributed by atoms with van der Waals surface area (Å²) in [7, 11) is 1.51. The molecule has 5 heteroatoms. The first-order valence-corrected chi connectivity index (χ1v) is 4.80. The molecule has 0 aliphatic heterocycles. The van der Waals surface area contributed by atoms with Crippen LogP contribution in [0, 0.1) is 0 Å². The van der Waals surface area contributed by atoms with Crippen molar-refractivity contribution in [3.05, 3.63) is 29.8 Å². The number of benzene rings is 1. The van der Waals surface area contributed by atoms with E-state index < -0.39 is 12.0 Å². The first-order chi connectivity index (χ1) is 7.45. The zero-order valence-corrected chi connectivity index (χ0v) is 9.18. The summed E-state index contributed by atoms with van der Waals surface area (Å²) in [5.74, 6) is -1.39. The fourth-order valence-corrected chi connectivity index (χ4v) is 1.37. The van der Waals surface area contributed by atoms with Gasteiger partial charge in [0.05, 0.1) is 17.3 Å². The first kappa shape index (κ1) is 12.2. The summed E-state index contributed by atoms with van der Waals surface area (Å²) in [5, 5.41) is 8.97. The average Bonchev–Trinajstić information content (AvgIpc) is 2.26. The number of likely N-dealkylation sites (N-methyl/N-ethyl adjacent to an activating group) is 1. The fraction of sp³-hybridized carbons (Fsp3) is 0.273. The molecule has 1 aromatic rings. The number of nitrogens with zero attached hydrogens (tertiary/aromatic N) is 1. The van der Waals surface area contributed by atoms with Gasteiger partial charge in [-0.05, 0) is 19.1 Å². The summed E-state index contributed by atoms with van der Waals surface area (Å²) in [6.45, 7) is 1.56. The molecule has 0 radical (unpaired) electrons. The standard InChI is InChI=1S/C11H14N2O3/c1-7(12)10(14)13(2)9-6-4-3-5-8(9)11(15)16/h3-7H,12H2,1-2H3,(H,15,16)/t7-/m0/s1. The number of aromatic carboxylic acids is 1. The lowest BCUT2D eigenvalue weighted by Crippen LogP contribution is -2.40. The molecule has 16 heavy (non-hydrogen) atoms. The first-order valence-electron chi connectivity index (χ1n) is 4.80. The molecule has 0 aliphatic carbocycles. The molecule has 0 spiro atoms. The molecule has 0 saturated carbocycles. The van der Waals surface area contributed by atoms with Crippen molar-refractivity contribution in [2.24, 2.45) is 5.73 Å². The van der Waals surface area contributed by atoms with E-state index in [1.165, 1.54) is 18.0 Å². The minimum absolute atomic E-state index is 0.0824. The minimum Gasteiger partial charge on any atom is -0.478 e. The SMILES string of the molecule is C[C@H](N)C(=O)N(C)c1ccccc1C(=O)O. The van der Waals surface area contributed by atoms with Crippen LogP contribution in [0.4, 0.5) is 5.69 Å². The zero-order valence-electron chi connectivity index (χ0n) is 9.18. The monoisotopic (exact) mass is 222 g/mol. The number of carboxylic acid groups (broad SMARTS) is 1. The van der Waals surface area contributed by atoms with Crippen molar-refractivity contribution < 1.29 is 14.7 Å². The molecule has 0 aromatic heterocycles. The minimum atomic E-state index is -1.07.